The lowest BCUT2D eigenvalue weighted by atomic mass is 10.8. The fourth-order valence-electron chi connectivity index (χ4n) is 0.135. The predicted molar refractivity (Wildman–Crippen MR) is 26.7 cm³/mol. The Morgan fingerprint density at radius 2 is 2.67 bits per heavy atom. The van der Waals surface area contributed by atoms with Crippen molar-refractivity contribution in [1.29, 1.82) is 0 Å². The Balaban J connectivity index is 2.86. The standard InChI is InChI=1S/C4H8N2/c1-3-5-6-4-2/h6H,1,4H2,2H3. The Labute approximate surface area is 37.6 Å². The second kappa shape index (κ2) is 4.25. The molecule has 6 heavy (non-hydrogen) atoms. The number of rotatable bonds is 2. The lowest BCUT2D eigenvalue weighted by molar-refractivity contribution is 0.789. The molecule has 0 saturated heterocycles. The van der Waals surface area contributed by atoms with Crippen LogP contribution in [0.25, 0.3) is 0 Å². The average molecular weight is 84.1 g/mol. The summed E-state index contributed by atoms with van der Waals surface area (Å²) in [4.78, 5) is 0. The maximum absolute atomic E-state index is 3.48. The van der Waals surface area contributed by atoms with Crippen molar-refractivity contribution in [1.82, 2.24) is 5.43 Å². The summed E-state index contributed by atoms with van der Waals surface area (Å²) in [7, 11) is 0. The number of hydrazone groups is 1. The SMILES string of the molecule is C=C=NNCC. The van der Waals surface area contributed by atoms with E-state index >= 15 is 0 Å². The van der Waals surface area contributed by atoms with Gasteiger partial charge in [0.1, 0.15) is 0 Å². The maximum Gasteiger partial charge on any atom is 0.0308 e. The number of nitrogens with one attached hydrogen (secondary N) is 1. The molecule has 0 aromatic rings. The van der Waals surface area contributed by atoms with Crippen LogP contribution in [0.1, 0.15) is 6.92 Å². The van der Waals surface area contributed by atoms with Gasteiger partial charge in [-0.3, -0.25) is 0 Å². The molecule has 0 unspecified atom stereocenters. The summed E-state index contributed by atoms with van der Waals surface area (Å²) in [5, 5.41) is 3.48. The van der Waals surface area contributed by atoms with Crippen LogP contribution in [0.15, 0.2) is 11.7 Å². The molecule has 1 N–H and O–H groups in total. The van der Waals surface area contributed by atoms with Gasteiger partial charge in [-0.15, -0.1) is 5.10 Å². The van der Waals surface area contributed by atoms with E-state index in [2.05, 4.69) is 23.0 Å². The summed E-state index contributed by atoms with van der Waals surface area (Å²) in [6.45, 7) is 6.04. The van der Waals surface area contributed by atoms with Crippen LogP contribution < -0.4 is 5.43 Å². The van der Waals surface area contributed by atoms with Crippen molar-refractivity contribution < 1.29 is 0 Å². The normalized spacial score (nSPS) is 6.17. The molecule has 2 heteroatoms. The first-order valence-electron chi connectivity index (χ1n) is 1.86. The number of hydrogen-bond donors (Lipinski definition) is 1. The van der Waals surface area contributed by atoms with Crippen LogP contribution in [0.4, 0.5) is 0 Å². The molecular formula is C4H8N2. The van der Waals surface area contributed by atoms with Crippen LogP contribution in [0.3, 0.4) is 0 Å². The van der Waals surface area contributed by atoms with E-state index in [1.54, 1.807) is 0 Å². The van der Waals surface area contributed by atoms with E-state index < -0.39 is 0 Å². The smallest absolute Gasteiger partial charge is 0.0308 e. The molecular weight excluding hydrogens is 76.1 g/mol. The highest BCUT2D eigenvalue weighted by Crippen LogP contribution is 1.47. The maximum atomic E-state index is 3.48. The molecule has 0 aromatic heterocycles. The van der Waals surface area contributed by atoms with E-state index in [0.717, 1.165) is 6.54 Å². The van der Waals surface area contributed by atoms with Crippen LogP contribution >= 0.6 is 0 Å². The molecule has 0 aliphatic rings. The van der Waals surface area contributed by atoms with Gasteiger partial charge in [0.25, 0.3) is 0 Å². The fourth-order valence-corrected chi connectivity index (χ4v) is 0.135. The molecule has 34 valence electrons. The monoisotopic (exact) mass is 84.1 g/mol. The van der Waals surface area contributed by atoms with Gasteiger partial charge in [-0.25, -0.2) is 0 Å². The number of hydrogen-bond acceptors (Lipinski definition) is 2. The third-order valence-electron chi connectivity index (χ3n) is 0.316. The Bertz CT molecular complexity index is 61.9. The molecule has 0 saturated carbocycles. The van der Waals surface area contributed by atoms with Crippen molar-refractivity contribution >= 4 is 5.87 Å². The van der Waals surface area contributed by atoms with Gasteiger partial charge >= 0.3 is 0 Å². The van der Waals surface area contributed by atoms with Crippen molar-refractivity contribution in [3.63, 3.8) is 0 Å². The van der Waals surface area contributed by atoms with E-state index in [0.29, 0.717) is 0 Å². The Hall–Kier alpha value is -0.750. The van der Waals surface area contributed by atoms with E-state index in [1.807, 2.05) is 6.92 Å². The highest BCUT2D eigenvalue weighted by Gasteiger charge is 1.57. The summed E-state index contributed by atoms with van der Waals surface area (Å²) in [5.41, 5.74) is 2.65. The minimum atomic E-state index is 0.836. The van der Waals surface area contributed by atoms with Crippen molar-refractivity contribution in [3.05, 3.63) is 6.58 Å². The molecule has 0 spiro atoms. The van der Waals surface area contributed by atoms with Gasteiger partial charge in [-0.05, 0) is 19.4 Å². The Kier molecular flexibility index (Phi) is 3.72. The summed E-state index contributed by atoms with van der Waals surface area (Å²) >= 11 is 0. The Morgan fingerprint density at radius 3 is 2.83 bits per heavy atom. The second-order valence-corrected chi connectivity index (χ2v) is 0.782. The molecule has 0 amide bonds. The summed E-state index contributed by atoms with van der Waals surface area (Å²) in [6, 6.07) is 0. The van der Waals surface area contributed by atoms with Gasteiger partial charge in [0.2, 0.25) is 0 Å². The van der Waals surface area contributed by atoms with Gasteiger partial charge < -0.3 is 5.43 Å². The highest BCUT2D eigenvalue weighted by molar-refractivity contribution is 5.45. The minimum absolute atomic E-state index is 0.836. The van der Waals surface area contributed by atoms with Crippen LogP contribution in [0, 0.1) is 0 Å². The largest absolute Gasteiger partial charge is 0.302 e. The molecule has 0 radical (unpaired) electrons. The molecule has 0 rings (SSSR count). The molecule has 0 bridgehead atoms. The zero-order chi connectivity index (χ0) is 4.83. The molecule has 2 nitrogen and oxygen atoms in total. The molecule has 0 heterocycles. The predicted octanol–water partition coefficient (Wildman–Crippen LogP) is 0.367. The van der Waals surface area contributed by atoms with Gasteiger partial charge in [-0.2, -0.15) is 0 Å². The van der Waals surface area contributed by atoms with Gasteiger partial charge in [0, 0.05) is 6.54 Å². The third kappa shape index (κ3) is 3.25. The van der Waals surface area contributed by atoms with E-state index in [9.17, 15) is 0 Å². The average Bonchev–Trinajstić information content (AvgIpc) is 1.61. The molecule has 0 aliphatic heterocycles. The van der Waals surface area contributed by atoms with Gasteiger partial charge in [0.05, 0.1) is 0 Å². The first kappa shape index (κ1) is 5.25. The summed E-state index contributed by atoms with van der Waals surface area (Å²) in [6.07, 6.45) is 0. The molecule has 0 aliphatic carbocycles. The molecule has 0 aromatic carbocycles. The summed E-state index contributed by atoms with van der Waals surface area (Å²) in [5.74, 6) is 2.33. The van der Waals surface area contributed by atoms with Crippen molar-refractivity contribution in [2.24, 2.45) is 5.10 Å². The van der Waals surface area contributed by atoms with Crippen LogP contribution in [0.5, 0.6) is 0 Å². The fraction of sp³-hybridized carbons (Fsp3) is 0.500. The highest BCUT2D eigenvalue weighted by atomic mass is 15.3. The van der Waals surface area contributed by atoms with Crippen LogP contribution in [0.2, 0.25) is 0 Å². The van der Waals surface area contributed by atoms with Gasteiger partial charge in [-0.1, -0.05) is 0 Å². The quantitative estimate of drug-likeness (QED) is 0.379. The zero-order valence-corrected chi connectivity index (χ0v) is 3.86. The first-order chi connectivity index (χ1) is 2.91. The molecule has 0 atom stereocenters. The Morgan fingerprint density at radius 1 is 2.00 bits per heavy atom. The lowest BCUT2D eigenvalue weighted by Crippen LogP contribution is -2.00. The summed E-state index contributed by atoms with van der Waals surface area (Å²) < 4.78 is 0. The van der Waals surface area contributed by atoms with Crippen molar-refractivity contribution in [2.75, 3.05) is 6.54 Å². The van der Waals surface area contributed by atoms with E-state index in [4.69, 9.17) is 0 Å². The molecule has 0 fully saturated rings. The minimum Gasteiger partial charge on any atom is -0.302 e. The topological polar surface area (TPSA) is 24.4 Å². The van der Waals surface area contributed by atoms with Gasteiger partial charge in [0.15, 0.2) is 0 Å². The van der Waals surface area contributed by atoms with Crippen LogP contribution in [-0.4, -0.2) is 12.4 Å². The van der Waals surface area contributed by atoms with Crippen molar-refractivity contribution in [3.8, 4) is 0 Å². The second-order valence-electron chi connectivity index (χ2n) is 0.782. The van der Waals surface area contributed by atoms with Crippen LogP contribution in [-0.2, 0) is 0 Å². The number of nitrogens with zero attached hydrogens (tertiary/aromatic N) is 1. The third-order valence-corrected chi connectivity index (χ3v) is 0.316. The first-order valence-corrected chi connectivity index (χ1v) is 1.86. The van der Waals surface area contributed by atoms with Crippen molar-refractivity contribution in [2.45, 2.75) is 6.92 Å². The lowest BCUT2D eigenvalue weighted by Gasteiger charge is -1.82. The zero-order valence-electron chi connectivity index (χ0n) is 3.86. The van der Waals surface area contributed by atoms with E-state index in [-0.39, 0.29) is 0 Å². The van der Waals surface area contributed by atoms with E-state index in [1.165, 1.54) is 0 Å².